The second-order valence-corrected chi connectivity index (χ2v) is 11.3. The number of furan rings is 1. The highest BCUT2D eigenvalue weighted by molar-refractivity contribution is 6.10. The Bertz CT molecular complexity index is 1830. The van der Waals surface area contributed by atoms with Crippen LogP contribution in [0.25, 0.3) is 55.5 Å². The van der Waals surface area contributed by atoms with Gasteiger partial charge in [0, 0.05) is 16.3 Å². The molecule has 6 rings (SSSR count). The summed E-state index contributed by atoms with van der Waals surface area (Å²) in [4.78, 5) is 14.0. The number of aromatic nitrogens is 3. The van der Waals surface area contributed by atoms with Crippen molar-refractivity contribution < 1.29 is 14.3 Å². The number of unbranched alkanes of at least 4 members (excludes halogenated alkanes) is 9. The van der Waals surface area contributed by atoms with Crippen LogP contribution in [0.5, 0.6) is 11.8 Å². The van der Waals surface area contributed by atoms with Gasteiger partial charge in [-0.15, -0.1) is 0 Å². The van der Waals surface area contributed by atoms with E-state index in [9.17, 15) is 5.11 Å². The zero-order chi connectivity index (χ0) is 29.4. The molecule has 0 aliphatic heterocycles. The first kappa shape index (κ1) is 28.7. The molecule has 6 heteroatoms. The van der Waals surface area contributed by atoms with Crippen LogP contribution < -0.4 is 4.74 Å². The highest BCUT2D eigenvalue weighted by atomic mass is 16.5. The maximum Gasteiger partial charge on any atom is 0.320 e. The van der Waals surface area contributed by atoms with Gasteiger partial charge >= 0.3 is 6.01 Å². The molecule has 6 nitrogen and oxygen atoms in total. The van der Waals surface area contributed by atoms with Gasteiger partial charge < -0.3 is 14.3 Å². The van der Waals surface area contributed by atoms with Gasteiger partial charge in [0.25, 0.3) is 0 Å². The number of hydrogen-bond acceptors (Lipinski definition) is 6. The minimum absolute atomic E-state index is 0.111. The smallest absolute Gasteiger partial charge is 0.320 e. The van der Waals surface area contributed by atoms with E-state index in [0.717, 1.165) is 45.7 Å². The minimum atomic E-state index is 0.111. The Morgan fingerprint density at radius 3 is 2.05 bits per heavy atom. The molecule has 0 fully saturated rings. The highest BCUT2D eigenvalue weighted by Gasteiger charge is 2.16. The maximum atomic E-state index is 10.5. The van der Waals surface area contributed by atoms with Crippen molar-refractivity contribution in [2.24, 2.45) is 0 Å². The molecule has 0 aliphatic rings. The number of benzene rings is 4. The predicted molar refractivity (Wildman–Crippen MR) is 174 cm³/mol. The summed E-state index contributed by atoms with van der Waals surface area (Å²) in [5.41, 5.74) is 2.93. The summed E-state index contributed by atoms with van der Waals surface area (Å²) in [6.45, 7) is 2.80. The van der Waals surface area contributed by atoms with Crippen LogP contribution in [-0.4, -0.2) is 26.7 Å². The summed E-state index contributed by atoms with van der Waals surface area (Å²) in [7, 11) is 0. The van der Waals surface area contributed by atoms with E-state index in [1.807, 2.05) is 30.3 Å². The normalized spacial score (nSPS) is 11.6. The fraction of sp³-hybridized carbons (Fsp3) is 0.324. The first-order chi connectivity index (χ1) is 21.2. The van der Waals surface area contributed by atoms with Crippen LogP contribution in [-0.2, 0) is 0 Å². The number of ether oxygens (including phenoxy) is 1. The Morgan fingerprint density at radius 2 is 1.28 bits per heavy atom. The largest absolute Gasteiger partial charge is 0.507 e. The van der Waals surface area contributed by atoms with Crippen LogP contribution in [0, 0.1) is 0 Å². The Balaban J connectivity index is 1.20. The molecule has 0 bridgehead atoms. The van der Waals surface area contributed by atoms with Crippen LogP contribution in [0.4, 0.5) is 0 Å². The molecule has 6 aromatic rings. The van der Waals surface area contributed by atoms with Crippen molar-refractivity contribution in [2.45, 2.75) is 71.1 Å². The molecule has 0 atom stereocenters. The first-order valence-corrected chi connectivity index (χ1v) is 15.7. The molecule has 0 radical (unpaired) electrons. The topological polar surface area (TPSA) is 81.3 Å². The molecule has 4 aromatic carbocycles. The number of fused-ring (bicyclic) bond motifs is 4. The van der Waals surface area contributed by atoms with Crippen LogP contribution in [0.3, 0.4) is 0 Å². The third-order valence-corrected chi connectivity index (χ3v) is 8.09. The fourth-order valence-electron chi connectivity index (χ4n) is 5.69. The quantitative estimate of drug-likeness (QED) is 0.131. The van der Waals surface area contributed by atoms with Gasteiger partial charge in [-0.05, 0) is 53.6 Å². The Hall–Kier alpha value is -4.45. The summed E-state index contributed by atoms with van der Waals surface area (Å²) in [5.74, 6) is 0.955. The van der Waals surface area contributed by atoms with E-state index in [-0.39, 0.29) is 11.8 Å². The highest BCUT2D eigenvalue weighted by Crippen LogP contribution is 2.35. The van der Waals surface area contributed by atoms with Gasteiger partial charge in [0.1, 0.15) is 16.9 Å². The molecular weight excluding hydrogens is 534 g/mol. The third kappa shape index (κ3) is 6.80. The van der Waals surface area contributed by atoms with Crippen LogP contribution >= 0.6 is 0 Å². The lowest BCUT2D eigenvalue weighted by Crippen LogP contribution is -2.05. The van der Waals surface area contributed by atoms with Crippen molar-refractivity contribution in [2.75, 3.05) is 6.61 Å². The summed E-state index contributed by atoms with van der Waals surface area (Å²) >= 11 is 0. The summed E-state index contributed by atoms with van der Waals surface area (Å²) in [6, 6.07) is 25.9. The molecule has 43 heavy (non-hydrogen) atoms. The van der Waals surface area contributed by atoms with Gasteiger partial charge in [-0.3, -0.25) is 0 Å². The number of aromatic hydroxyl groups is 1. The van der Waals surface area contributed by atoms with E-state index in [1.54, 1.807) is 18.2 Å². The molecule has 1 N–H and O–H groups in total. The van der Waals surface area contributed by atoms with Gasteiger partial charge in [-0.2, -0.15) is 9.97 Å². The average molecular weight is 574 g/mol. The van der Waals surface area contributed by atoms with E-state index in [2.05, 4.69) is 47.2 Å². The summed E-state index contributed by atoms with van der Waals surface area (Å²) in [6.07, 6.45) is 12.6. The fourth-order valence-corrected chi connectivity index (χ4v) is 5.69. The Morgan fingerprint density at radius 1 is 0.628 bits per heavy atom. The van der Waals surface area contributed by atoms with Gasteiger partial charge in [0.2, 0.25) is 0 Å². The van der Waals surface area contributed by atoms with E-state index >= 15 is 0 Å². The van der Waals surface area contributed by atoms with E-state index in [4.69, 9.17) is 14.1 Å². The van der Waals surface area contributed by atoms with Crippen molar-refractivity contribution in [3.8, 4) is 34.5 Å². The predicted octanol–water partition coefficient (Wildman–Crippen LogP) is 10.3. The van der Waals surface area contributed by atoms with Crippen LogP contribution in [0.2, 0.25) is 0 Å². The van der Waals surface area contributed by atoms with Crippen molar-refractivity contribution in [1.82, 2.24) is 15.0 Å². The molecule has 2 aromatic heterocycles. The maximum absolute atomic E-state index is 10.5. The molecule has 0 unspecified atom stereocenters. The first-order valence-electron chi connectivity index (χ1n) is 15.7. The van der Waals surface area contributed by atoms with Crippen molar-refractivity contribution >= 4 is 32.7 Å². The Kier molecular flexibility index (Phi) is 9.12. The molecule has 0 aliphatic carbocycles. The lowest BCUT2D eigenvalue weighted by Gasteiger charge is -2.10. The van der Waals surface area contributed by atoms with E-state index < -0.39 is 0 Å². The number of hydrogen-bond donors (Lipinski definition) is 1. The lowest BCUT2D eigenvalue weighted by atomic mass is 10.1. The molecule has 0 amide bonds. The number of phenolic OH excluding ortho intramolecular Hbond substituents is 1. The molecule has 0 saturated carbocycles. The number of para-hydroxylation sites is 1. The van der Waals surface area contributed by atoms with Crippen LogP contribution in [0.15, 0.2) is 83.3 Å². The lowest BCUT2D eigenvalue weighted by molar-refractivity contribution is 0.281. The summed E-state index contributed by atoms with van der Waals surface area (Å²) in [5, 5.41) is 15.0. The van der Waals surface area contributed by atoms with Crippen molar-refractivity contribution in [1.29, 1.82) is 0 Å². The van der Waals surface area contributed by atoms with Gasteiger partial charge in [-0.1, -0.05) is 107 Å². The zero-order valence-corrected chi connectivity index (χ0v) is 24.9. The third-order valence-electron chi connectivity index (χ3n) is 8.09. The van der Waals surface area contributed by atoms with Gasteiger partial charge in [0.15, 0.2) is 11.6 Å². The SMILES string of the molecule is CCCCCCCCCCCCOc1nc(-c2ccc3c(c2)oc2cc4ccccc4cc23)nc(-c2ccccc2O)n1. The number of rotatable bonds is 14. The minimum Gasteiger partial charge on any atom is -0.507 e. The standard InChI is InChI=1S/C37H39N3O3/c1-2-3-4-5-6-7-8-9-10-15-22-42-37-39-35(38-36(40-37)30-18-13-14-19-32(30)41)28-20-21-29-31-23-26-16-11-12-17-27(26)24-34(31)43-33(29)25-28/h11-14,16-21,23-25,41H,2-10,15,22H2,1H3. The number of nitrogens with zero attached hydrogens (tertiary/aromatic N) is 3. The monoisotopic (exact) mass is 573 g/mol. The van der Waals surface area contributed by atoms with E-state index in [1.165, 1.54) is 56.8 Å². The number of phenols is 1. The van der Waals surface area contributed by atoms with Crippen molar-refractivity contribution in [3.05, 3.63) is 78.9 Å². The molecule has 2 heterocycles. The summed E-state index contributed by atoms with van der Waals surface area (Å²) < 4.78 is 12.3. The van der Waals surface area contributed by atoms with Gasteiger partial charge in [-0.25, -0.2) is 4.98 Å². The molecule has 220 valence electrons. The molecule has 0 spiro atoms. The Labute approximate surface area is 252 Å². The second-order valence-electron chi connectivity index (χ2n) is 11.3. The van der Waals surface area contributed by atoms with E-state index in [0.29, 0.717) is 23.8 Å². The zero-order valence-electron chi connectivity index (χ0n) is 24.9. The van der Waals surface area contributed by atoms with Gasteiger partial charge in [0.05, 0.1) is 12.2 Å². The van der Waals surface area contributed by atoms with Crippen molar-refractivity contribution in [3.63, 3.8) is 0 Å². The molecular formula is C37H39N3O3. The molecule has 0 saturated heterocycles. The van der Waals surface area contributed by atoms with Crippen LogP contribution in [0.1, 0.15) is 71.1 Å². The second kappa shape index (κ2) is 13.7. The average Bonchev–Trinajstić information content (AvgIpc) is 3.39.